The molecule has 2 heterocycles. The number of nitrogens with zero attached hydrogens (tertiary/aromatic N) is 3. The first-order valence-electron chi connectivity index (χ1n) is 10.0. The van der Waals surface area contributed by atoms with Crippen LogP contribution in [-0.4, -0.2) is 56.6 Å². The molecule has 0 unspecified atom stereocenters. The summed E-state index contributed by atoms with van der Waals surface area (Å²) in [4.78, 5) is 9.07. The van der Waals surface area contributed by atoms with Crippen molar-refractivity contribution in [2.75, 3.05) is 33.9 Å². The van der Waals surface area contributed by atoms with Crippen molar-refractivity contribution >= 4 is 10.0 Å². The van der Waals surface area contributed by atoms with Gasteiger partial charge in [-0.05, 0) is 38.8 Å². The fourth-order valence-corrected chi connectivity index (χ4v) is 5.32. The minimum Gasteiger partial charge on any atom is -0.497 e. The Bertz CT molecular complexity index is 973. The Kier molecular flexibility index (Phi) is 7.27. The molecule has 0 saturated carbocycles. The number of hydrogen-bond acceptors (Lipinski definition) is 7. The minimum atomic E-state index is -3.70. The highest BCUT2D eigenvalue weighted by Crippen LogP contribution is 2.35. The fraction of sp³-hybridized carbons (Fsp3) is 0.524. The van der Waals surface area contributed by atoms with E-state index in [-0.39, 0.29) is 10.8 Å². The maximum absolute atomic E-state index is 13.3. The van der Waals surface area contributed by atoms with E-state index in [1.807, 2.05) is 20.0 Å². The summed E-state index contributed by atoms with van der Waals surface area (Å²) in [5, 5.41) is 0. The van der Waals surface area contributed by atoms with E-state index in [0.29, 0.717) is 56.5 Å². The predicted octanol–water partition coefficient (Wildman–Crippen LogP) is 2.91. The number of piperidine rings is 1. The fourth-order valence-electron chi connectivity index (χ4n) is 3.68. The van der Waals surface area contributed by atoms with Crippen LogP contribution in [0.25, 0.3) is 0 Å². The summed E-state index contributed by atoms with van der Waals surface area (Å²) in [5.74, 6) is 1.66. The van der Waals surface area contributed by atoms with Gasteiger partial charge in [-0.2, -0.15) is 4.31 Å². The smallest absolute Gasteiger partial charge is 0.246 e. The van der Waals surface area contributed by atoms with E-state index in [0.717, 1.165) is 11.3 Å². The first-order valence-corrected chi connectivity index (χ1v) is 11.5. The van der Waals surface area contributed by atoms with Gasteiger partial charge in [-0.1, -0.05) is 0 Å². The van der Waals surface area contributed by atoms with Crippen LogP contribution >= 0.6 is 0 Å². The first kappa shape index (κ1) is 22.5. The Labute approximate surface area is 178 Å². The van der Waals surface area contributed by atoms with Crippen molar-refractivity contribution in [3.8, 4) is 11.5 Å². The first-order chi connectivity index (χ1) is 14.4. The largest absolute Gasteiger partial charge is 0.497 e. The summed E-state index contributed by atoms with van der Waals surface area (Å²) in [6.45, 7) is 5.71. The van der Waals surface area contributed by atoms with Crippen LogP contribution in [0.3, 0.4) is 0 Å². The van der Waals surface area contributed by atoms with Crippen molar-refractivity contribution in [2.24, 2.45) is 0 Å². The Balaban J connectivity index is 1.80. The zero-order valence-corrected chi connectivity index (χ0v) is 18.7. The number of aryl methyl sites for hydroxylation is 1. The molecule has 0 aliphatic carbocycles. The van der Waals surface area contributed by atoms with Crippen molar-refractivity contribution < 1.29 is 22.6 Å². The maximum Gasteiger partial charge on any atom is 0.246 e. The van der Waals surface area contributed by atoms with Crippen LogP contribution in [-0.2, 0) is 21.4 Å². The molecule has 0 bridgehead atoms. The van der Waals surface area contributed by atoms with Gasteiger partial charge in [0.05, 0.1) is 26.5 Å². The highest BCUT2D eigenvalue weighted by molar-refractivity contribution is 7.89. The summed E-state index contributed by atoms with van der Waals surface area (Å²) in [5.41, 5.74) is 1.94. The predicted molar refractivity (Wildman–Crippen MR) is 112 cm³/mol. The van der Waals surface area contributed by atoms with E-state index < -0.39 is 10.0 Å². The van der Waals surface area contributed by atoms with Crippen molar-refractivity contribution in [1.29, 1.82) is 0 Å². The van der Waals surface area contributed by atoms with Gasteiger partial charge in [0, 0.05) is 43.4 Å². The molecule has 1 aromatic heterocycles. The van der Waals surface area contributed by atoms with Crippen LogP contribution in [0.5, 0.6) is 11.5 Å². The third-order valence-electron chi connectivity index (χ3n) is 5.31. The van der Waals surface area contributed by atoms with E-state index in [2.05, 4.69) is 9.97 Å². The minimum absolute atomic E-state index is 0.123. The molecule has 0 radical (unpaired) electrons. The lowest BCUT2D eigenvalue weighted by atomic mass is 9.92. The van der Waals surface area contributed by atoms with Crippen molar-refractivity contribution in [1.82, 2.24) is 14.3 Å². The summed E-state index contributed by atoms with van der Waals surface area (Å²) >= 11 is 0. The second-order valence-corrected chi connectivity index (χ2v) is 9.07. The molecule has 1 saturated heterocycles. The van der Waals surface area contributed by atoms with Crippen molar-refractivity contribution in [3.63, 3.8) is 0 Å². The van der Waals surface area contributed by atoms with E-state index in [4.69, 9.17) is 14.2 Å². The number of methoxy groups -OCH3 is 2. The Morgan fingerprint density at radius 2 is 1.90 bits per heavy atom. The molecule has 8 nitrogen and oxygen atoms in total. The molecule has 0 amide bonds. The van der Waals surface area contributed by atoms with Gasteiger partial charge in [0.1, 0.15) is 22.2 Å². The number of sulfonamides is 1. The zero-order valence-electron chi connectivity index (χ0n) is 17.9. The number of benzene rings is 1. The van der Waals surface area contributed by atoms with E-state index >= 15 is 0 Å². The van der Waals surface area contributed by atoms with Gasteiger partial charge < -0.3 is 14.2 Å². The normalized spacial score (nSPS) is 15.9. The molecule has 0 spiro atoms. The average molecular weight is 436 g/mol. The Hall–Kier alpha value is -2.23. The number of hydrogen-bond donors (Lipinski definition) is 0. The molecule has 1 fully saturated rings. The summed E-state index contributed by atoms with van der Waals surface area (Å²) in [6, 6.07) is 4.80. The molecule has 1 aliphatic rings. The number of rotatable bonds is 8. The topological polar surface area (TPSA) is 90.9 Å². The molecule has 9 heteroatoms. The van der Waals surface area contributed by atoms with Crippen molar-refractivity contribution in [2.45, 2.75) is 44.1 Å². The van der Waals surface area contributed by atoms with E-state index in [9.17, 15) is 8.42 Å². The molecule has 3 rings (SSSR count). The molecular formula is C21H29N3O5S. The highest BCUT2D eigenvalue weighted by Gasteiger charge is 2.33. The van der Waals surface area contributed by atoms with Gasteiger partial charge in [-0.25, -0.2) is 18.4 Å². The van der Waals surface area contributed by atoms with Crippen LogP contribution < -0.4 is 9.47 Å². The second-order valence-electron chi connectivity index (χ2n) is 7.16. The molecule has 164 valence electrons. The third kappa shape index (κ3) is 4.74. The van der Waals surface area contributed by atoms with Crippen LogP contribution in [0.4, 0.5) is 0 Å². The van der Waals surface area contributed by atoms with Gasteiger partial charge in [-0.15, -0.1) is 0 Å². The van der Waals surface area contributed by atoms with Crippen LogP contribution in [0.1, 0.15) is 42.8 Å². The zero-order chi connectivity index (χ0) is 21.7. The van der Waals surface area contributed by atoms with Crippen LogP contribution in [0, 0.1) is 6.92 Å². The third-order valence-corrected chi connectivity index (χ3v) is 7.23. The van der Waals surface area contributed by atoms with Gasteiger partial charge in [0.2, 0.25) is 10.0 Å². The molecule has 1 aliphatic heterocycles. The van der Waals surface area contributed by atoms with Gasteiger partial charge in [0.25, 0.3) is 0 Å². The van der Waals surface area contributed by atoms with E-state index in [1.165, 1.54) is 24.6 Å². The Morgan fingerprint density at radius 3 is 2.53 bits per heavy atom. The van der Waals surface area contributed by atoms with Gasteiger partial charge in [0.15, 0.2) is 0 Å². The maximum atomic E-state index is 13.3. The SMILES string of the molecule is CCOCc1cnc(C)nc1C1CCN(S(=O)(=O)c2cc(OC)ccc2OC)CC1. The van der Waals surface area contributed by atoms with Crippen molar-refractivity contribution in [3.05, 3.63) is 41.5 Å². The summed E-state index contributed by atoms with van der Waals surface area (Å²) in [6.07, 6.45) is 3.18. The molecule has 0 atom stereocenters. The summed E-state index contributed by atoms with van der Waals surface area (Å²) < 4.78 is 44.1. The molecule has 30 heavy (non-hydrogen) atoms. The number of ether oxygens (including phenoxy) is 3. The average Bonchev–Trinajstić information content (AvgIpc) is 2.77. The second kappa shape index (κ2) is 9.72. The molecule has 0 N–H and O–H groups in total. The van der Waals surface area contributed by atoms with Gasteiger partial charge >= 0.3 is 0 Å². The monoisotopic (exact) mass is 435 g/mol. The standard InChI is InChI=1S/C21H29N3O5S/c1-5-29-14-17-13-22-15(2)23-21(17)16-8-10-24(11-9-16)30(25,26)20-12-18(27-3)6-7-19(20)28-4/h6-7,12-13,16H,5,8-11,14H2,1-4H3. The van der Waals surface area contributed by atoms with E-state index in [1.54, 1.807) is 12.1 Å². The molecule has 2 aromatic rings. The quantitative estimate of drug-likeness (QED) is 0.630. The highest BCUT2D eigenvalue weighted by atomic mass is 32.2. The molecule has 1 aromatic carbocycles. The molecular weight excluding hydrogens is 406 g/mol. The van der Waals surface area contributed by atoms with Crippen LogP contribution in [0.2, 0.25) is 0 Å². The van der Waals surface area contributed by atoms with Crippen LogP contribution in [0.15, 0.2) is 29.3 Å². The lowest BCUT2D eigenvalue weighted by molar-refractivity contribution is 0.132. The lowest BCUT2D eigenvalue weighted by Crippen LogP contribution is -2.38. The lowest BCUT2D eigenvalue weighted by Gasteiger charge is -2.32. The van der Waals surface area contributed by atoms with Gasteiger partial charge in [-0.3, -0.25) is 0 Å². The summed E-state index contributed by atoms with van der Waals surface area (Å²) in [7, 11) is -0.735. The number of aromatic nitrogens is 2. The Morgan fingerprint density at radius 1 is 1.17 bits per heavy atom.